The lowest BCUT2D eigenvalue weighted by molar-refractivity contribution is -0.216. The van der Waals surface area contributed by atoms with Gasteiger partial charge in [-0.05, 0) is 111 Å². The molecule has 6 fully saturated rings. The summed E-state index contributed by atoms with van der Waals surface area (Å²) in [6.45, 7) is 16.4. The average molecular weight is 533 g/mol. The molecule has 1 aliphatic heterocycles. The second-order valence-electron chi connectivity index (χ2n) is 16.3. The highest BCUT2D eigenvalue weighted by molar-refractivity contribution is 5.66. The first-order valence-electron chi connectivity index (χ1n) is 15.4. The van der Waals surface area contributed by atoms with Crippen LogP contribution in [0.4, 0.5) is 0 Å². The summed E-state index contributed by atoms with van der Waals surface area (Å²) >= 11 is 0. The second kappa shape index (κ2) is 7.98. The zero-order valence-electron chi connectivity index (χ0n) is 24.9. The summed E-state index contributed by atoms with van der Waals surface area (Å²) in [5.74, 6) is 1.09. The highest BCUT2D eigenvalue weighted by Gasteiger charge is 2.84. The number of hydrogen-bond acceptors (Lipinski definition) is 6. The molecular weight excluding hydrogens is 480 g/mol. The Morgan fingerprint density at radius 3 is 2.26 bits per heavy atom. The van der Waals surface area contributed by atoms with E-state index in [9.17, 15) is 20.1 Å². The zero-order chi connectivity index (χ0) is 27.8. The Bertz CT molecular complexity index is 1000. The van der Waals surface area contributed by atoms with Gasteiger partial charge in [0.05, 0.1) is 30.0 Å². The number of carbonyl (C=O) groups is 1. The van der Waals surface area contributed by atoms with Gasteiger partial charge in [-0.3, -0.25) is 4.79 Å². The molecule has 5 saturated carbocycles. The SMILES string of the molecule is CC(=O)O[C@@H](C1C[C@@H](C)[C@H]2[C@H](O1)[C@H](O)[C@@]1(C)C3CC[C@H]4C(C)(C)[C@@H](O)CCC45C[C@@]35CC[C@]21C)C(C)(C)O. The van der Waals surface area contributed by atoms with Crippen molar-refractivity contribution in [3.8, 4) is 0 Å². The second-order valence-corrected chi connectivity index (χ2v) is 16.3. The van der Waals surface area contributed by atoms with Crippen LogP contribution in [0.1, 0.15) is 107 Å². The van der Waals surface area contributed by atoms with Gasteiger partial charge in [0.25, 0.3) is 0 Å². The van der Waals surface area contributed by atoms with E-state index in [1.165, 1.54) is 19.8 Å². The lowest BCUT2D eigenvalue weighted by Crippen LogP contribution is -2.59. The lowest BCUT2D eigenvalue weighted by Gasteiger charge is -2.63. The van der Waals surface area contributed by atoms with Gasteiger partial charge >= 0.3 is 5.97 Å². The minimum absolute atomic E-state index is 0.0383. The van der Waals surface area contributed by atoms with Gasteiger partial charge in [0, 0.05) is 12.3 Å². The topological polar surface area (TPSA) is 96.2 Å². The molecular formula is C32H52O6. The summed E-state index contributed by atoms with van der Waals surface area (Å²) in [6.07, 6.45) is 6.19. The first-order valence-corrected chi connectivity index (χ1v) is 15.4. The van der Waals surface area contributed by atoms with Crippen molar-refractivity contribution in [3.05, 3.63) is 0 Å². The lowest BCUT2D eigenvalue weighted by atomic mass is 9.41. The van der Waals surface area contributed by atoms with Crippen LogP contribution in [0.2, 0.25) is 0 Å². The molecule has 6 aliphatic rings. The molecule has 0 radical (unpaired) electrons. The molecule has 216 valence electrons. The van der Waals surface area contributed by atoms with Gasteiger partial charge in [0.15, 0.2) is 6.10 Å². The van der Waals surface area contributed by atoms with Crippen LogP contribution >= 0.6 is 0 Å². The maximum atomic E-state index is 12.3. The Morgan fingerprint density at radius 1 is 1.00 bits per heavy atom. The first kappa shape index (κ1) is 27.5. The van der Waals surface area contributed by atoms with E-state index in [0.717, 1.165) is 32.1 Å². The third-order valence-corrected chi connectivity index (χ3v) is 14.1. The summed E-state index contributed by atoms with van der Waals surface area (Å²) < 4.78 is 12.4. The van der Waals surface area contributed by atoms with Crippen LogP contribution in [0.3, 0.4) is 0 Å². The fraction of sp³-hybridized carbons (Fsp3) is 0.969. The van der Waals surface area contributed by atoms with Gasteiger partial charge < -0.3 is 24.8 Å². The Hall–Kier alpha value is -0.690. The maximum Gasteiger partial charge on any atom is 0.303 e. The Kier molecular flexibility index (Phi) is 5.77. The molecule has 3 unspecified atom stereocenters. The van der Waals surface area contributed by atoms with Crippen LogP contribution in [0.15, 0.2) is 0 Å². The fourth-order valence-corrected chi connectivity index (χ4v) is 12.4. The van der Waals surface area contributed by atoms with Crippen LogP contribution in [0.5, 0.6) is 0 Å². The molecule has 38 heavy (non-hydrogen) atoms. The van der Waals surface area contributed by atoms with Crippen molar-refractivity contribution >= 4 is 5.97 Å². The highest BCUT2D eigenvalue weighted by atomic mass is 16.6. The molecule has 0 aromatic rings. The number of aliphatic hydroxyl groups is 3. The van der Waals surface area contributed by atoms with E-state index >= 15 is 0 Å². The fourth-order valence-electron chi connectivity index (χ4n) is 12.4. The van der Waals surface area contributed by atoms with Gasteiger partial charge in [0.2, 0.25) is 0 Å². The van der Waals surface area contributed by atoms with Crippen LogP contribution in [0.25, 0.3) is 0 Å². The number of aliphatic hydroxyl groups excluding tert-OH is 2. The minimum atomic E-state index is -1.24. The highest BCUT2D eigenvalue weighted by Crippen LogP contribution is 2.89. The van der Waals surface area contributed by atoms with E-state index in [-0.39, 0.29) is 45.7 Å². The molecule has 3 N–H and O–H groups in total. The largest absolute Gasteiger partial charge is 0.457 e. The summed E-state index contributed by atoms with van der Waals surface area (Å²) in [6, 6.07) is 0. The Balaban J connectivity index is 1.35. The van der Waals surface area contributed by atoms with Crippen LogP contribution in [0, 0.1) is 50.7 Å². The predicted octanol–water partition coefficient (Wildman–Crippen LogP) is 4.86. The van der Waals surface area contributed by atoms with E-state index in [1.807, 2.05) is 0 Å². The van der Waals surface area contributed by atoms with Gasteiger partial charge in [0.1, 0.15) is 0 Å². The van der Waals surface area contributed by atoms with Crippen molar-refractivity contribution in [1.29, 1.82) is 0 Å². The molecule has 6 nitrogen and oxygen atoms in total. The van der Waals surface area contributed by atoms with Crippen LogP contribution in [-0.4, -0.2) is 57.4 Å². The van der Waals surface area contributed by atoms with Gasteiger partial charge in [-0.15, -0.1) is 0 Å². The van der Waals surface area contributed by atoms with Crippen molar-refractivity contribution in [3.63, 3.8) is 0 Å². The minimum Gasteiger partial charge on any atom is -0.457 e. The molecule has 6 heteroatoms. The third-order valence-electron chi connectivity index (χ3n) is 14.1. The molecule has 0 aromatic heterocycles. The van der Waals surface area contributed by atoms with Crippen LogP contribution < -0.4 is 0 Å². The van der Waals surface area contributed by atoms with E-state index in [1.54, 1.807) is 13.8 Å². The quantitative estimate of drug-likeness (QED) is 0.449. The molecule has 0 aromatic carbocycles. The first-order chi connectivity index (χ1) is 17.5. The normalized spacial score (nSPS) is 55.4. The van der Waals surface area contributed by atoms with E-state index in [0.29, 0.717) is 23.7 Å². The average Bonchev–Trinajstić information content (AvgIpc) is 3.44. The summed E-state index contributed by atoms with van der Waals surface area (Å²) in [5, 5.41) is 34.2. The molecule has 0 amide bonds. The van der Waals surface area contributed by atoms with E-state index < -0.39 is 29.9 Å². The molecule has 5 aliphatic carbocycles. The molecule has 1 heterocycles. The smallest absolute Gasteiger partial charge is 0.303 e. The van der Waals surface area contributed by atoms with Gasteiger partial charge in [-0.1, -0.05) is 34.6 Å². The van der Waals surface area contributed by atoms with Crippen molar-refractivity contribution in [2.24, 2.45) is 50.7 Å². The van der Waals surface area contributed by atoms with Crippen molar-refractivity contribution in [2.75, 3.05) is 0 Å². The number of rotatable bonds is 3. The summed E-state index contributed by atoms with van der Waals surface area (Å²) in [4.78, 5) is 11.9. The van der Waals surface area contributed by atoms with Crippen molar-refractivity contribution in [1.82, 2.24) is 0 Å². The van der Waals surface area contributed by atoms with Gasteiger partial charge in [-0.2, -0.15) is 0 Å². The molecule has 13 atom stereocenters. The zero-order valence-corrected chi connectivity index (χ0v) is 24.9. The number of fused-ring (bicyclic) bond motifs is 4. The van der Waals surface area contributed by atoms with Gasteiger partial charge in [-0.25, -0.2) is 0 Å². The number of carbonyl (C=O) groups excluding carboxylic acids is 1. The van der Waals surface area contributed by atoms with Crippen LogP contribution in [-0.2, 0) is 14.3 Å². The summed E-state index contributed by atoms with van der Waals surface area (Å²) in [5.41, 5.74) is -1.01. The third kappa shape index (κ3) is 3.13. The van der Waals surface area contributed by atoms with Crippen molar-refractivity contribution < 1.29 is 29.6 Å². The number of esters is 1. The number of ether oxygens (including phenoxy) is 2. The van der Waals surface area contributed by atoms with E-state index in [2.05, 4.69) is 34.6 Å². The Morgan fingerprint density at radius 2 is 1.63 bits per heavy atom. The molecule has 0 bridgehead atoms. The standard InChI is InChI=1S/C32H52O6/c1-17-15-19(26(28(5,6)36)37-18(2)33)38-24-23(17)29(7)13-14-32-16-31(32)12-11-22(34)27(3,4)20(31)9-10-21(32)30(29,8)25(24)35/h17,19-26,34-36H,9-16H2,1-8H3/t17-,19?,20+,21?,22+,23+,24+,25+,26+,29-,30-,31?,32+/m1/s1. The molecule has 1 saturated heterocycles. The Labute approximate surface area is 229 Å². The maximum absolute atomic E-state index is 12.3. The molecule has 2 spiro atoms. The monoisotopic (exact) mass is 532 g/mol. The predicted molar refractivity (Wildman–Crippen MR) is 144 cm³/mol. The summed E-state index contributed by atoms with van der Waals surface area (Å²) in [7, 11) is 0. The molecule has 6 rings (SSSR count). The van der Waals surface area contributed by atoms with Crippen molar-refractivity contribution in [2.45, 2.75) is 143 Å². The van der Waals surface area contributed by atoms with E-state index in [4.69, 9.17) is 9.47 Å². The number of hydrogen-bond donors (Lipinski definition) is 3.